The second-order valence-corrected chi connectivity index (χ2v) is 8.14. The molecule has 1 aromatic rings. The van der Waals surface area contributed by atoms with Crippen molar-refractivity contribution in [3.05, 3.63) is 34.7 Å². The molecule has 142 valence electrons. The number of allylic oxidation sites excluding steroid dienone is 1. The number of Topliss-reactive ketones (excluding diaryl/α,β-unsaturated/α-hetero) is 1. The topological polar surface area (TPSA) is 62.7 Å². The van der Waals surface area contributed by atoms with E-state index in [2.05, 4.69) is 17.7 Å². The fourth-order valence-corrected chi connectivity index (χ4v) is 4.04. The number of carbonyl (C=O) groups excluding carboxylic acids is 1. The van der Waals surface area contributed by atoms with Gasteiger partial charge in [-0.25, -0.2) is 4.98 Å². The van der Waals surface area contributed by atoms with Crippen LogP contribution in [0.3, 0.4) is 0 Å². The maximum atomic E-state index is 12.6. The molecule has 5 heteroatoms. The van der Waals surface area contributed by atoms with Gasteiger partial charge in [-0.2, -0.15) is 0 Å². The van der Waals surface area contributed by atoms with Crippen molar-refractivity contribution in [3.8, 4) is 12.3 Å². The molecule has 1 N–H and O–H groups in total. The standard InChI is InChI=1S/C22H26N2O3/c1-4-16-18(25)13-15-7-8-17(21(26)14-5-6-14)23-19(15)20(16)24-11-9-22(2,27-3)10-12-24/h1,7-8,14,21,26H,5-6,9-13H2,2-3H3. The molecule has 27 heavy (non-hydrogen) atoms. The van der Waals surface area contributed by atoms with E-state index in [9.17, 15) is 9.90 Å². The van der Waals surface area contributed by atoms with Crippen LogP contribution in [0.5, 0.6) is 0 Å². The zero-order valence-electron chi connectivity index (χ0n) is 16.0. The monoisotopic (exact) mass is 366 g/mol. The summed E-state index contributed by atoms with van der Waals surface area (Å²) < 4.78 is 5.64. The highest BCUT2D eigenvalue weighted by Crippen LogP contribution is 2.42. The number of ether oxygens (including phenoxy) is 1. The number of likely N-dealkylation sites (tertiary alicyclic amines) is 1. The van der Waals surface area contributed by atoms with Gasteiger partial charge in [0, 0.05) is 26.6 Å². The minimum Gasteiger partial charge on any atom is -0.387 e. The molecule has 2 heterocycles. The van der Waals surface area contributed by atoms with Gasteiger partial charge in [0.1, 0.15) is 0 Å². The van der Waals surface area contributed by atoms with E-state index in [1.165, 1.54) is 0 Å². The third-order valence-electron chi connectivity index (χ3n) is 6.24. The maximum Gasteiger partial charge on any atom is 0.177 e. The van der Waals surface area contributed by atoms with E-state index in [1.807, 2.05) is 12.1 Å². The molecule has 2 aliphatic carbocycles. The predicted molar refractivity (Wildman–Crippen MR) is 103 cm³/mol. The number of aliphatic hydroxyl groups excluding tert-OH is 1. The highest BCUT2D eigenvalue weighted by atomic mass is 16.5. The second kappa shape index (κ2) is 6.78. The van der Waals surface area contributed by atoms with Gasteiger partial charge in [0.2, 0.25) is 0 Å². The van der Waals surface area contributed by atoms with E-state index >= 15 is 0 Å². The van der Waals surface area contributed by atoms with Crippen molar-refractivity contribution in [2.45, 2.75) is 50.7 Å². The number of terminal acetylenes is 1. The molecule has 5 nitrogen and oxygen atoms in total. The van der Waals surface area contributed by atoms with E-state index in [0.29, 0.717) is 17.2 Å². The lowest BCUT2D eigenvalue weighted by Crippen LogP contribution is -2.44. The third-order valence-corrected chi connectivity index (χ3v) is 6.24. The largest absolute Gasteiger partial charge is 0.387 e. The van der Waals surface area contributed by atoms with Gasteiger partial charge in [-0.05, 0) is 50.2 Å². The first-order valence-electron chi connectivity index (χ1n) is 9.68. The van der Waals surface area contributed by atoms with Crippen molar-refractivity contribution in [2.75, 3.05) is 20.2 Å². The number of rotatable bonds is 4. The van der Waals surface area contributed by atoms with Crippen molar-refractivity contribution in [2.24, 2.45) is 5.92 Å². The summed E-state index contributed by atoms with van der Waals surface area (Å²) in [6, 6.07) is 3.78. The number of carbonyl (C=O) groups is 1. The van der Waals surface area contributed by atoms with Crippen LogP contribution in [0.1, 0.15) is 55.7 Å². The van der Waals surface area contributed by atoms with Crippen molar-refractivity contribution in [1.82, 2.24) is 9.88 Å². The lowest BCUT2D eigenvalue weighted by Gasteiger charge is -2.41. The lowest BCUT2D eigenvalue weighted by atomic mass is 9.87. The Morgan fingerprint density at radius 1 is 1.37 bits per heavy atom. The number of aromatic nitrogens is 1. The molecule has 1 aliphatic heterocycles. The van der Waals surface area contributed by atoms with Gasteiger partial charge in [0.05, 0.1) is 34.4 Å². The van der Waals surface area contributed by atoms with Gasteiger partial charge in [-0.3, -0.25) is 4.79 Å². The average molecular weight is 366 g/mol. The molecule has 4 rings (SSSR count). The molecule has 1 saturated heterocycles. The summed E-state index contributed by atoms with van der Waals surface area (Å²) in [4.78, 5) is 19.6. The molecule has 3 aliphatic rings. The number of hydrogen-bond donors (Lipinski definition) is 1. The van der Waals surface area contributed by atoms with E-state index in [0.717, 1.165) is 55.7 Å². The third kappa shape index (κ3) is 3.28. The summed E-state index contributed by atoms with van der Waals surface area (Å²) in [6.45, 7) is 3.63. The quantitative estimate of drug-likeness (QED) is 0.830. The first-order chi connectivity index (χ1) is 13.0. The fourth-order valence-electron chi connectivity index (χ4n) is 4.04. The van der Waals surface area contributed by atoms with Gasteiger partial charge in [0.25, 0.3) is 0 Å². The molecule has 0 radical (unpaired) electrons. The van der Waals surface area contributed by atoms with Crippen LogP contribution in [0.15, 0.2) is 17.7 Å². The number of ketones is 1. The van der Waals surface area contributed by atoms with Crippen LogP contribution >= 0.6 is 0 Å². The number of nitrogens with zero attached hydrogens (tertiary/aromatic N) is 2. The van der Waals surface area contributed by atoms with E-state index < -0.39 is 6.10 Å². The molecule has 2 fully saturated rings. The summed E-state index contributed by atoms with van der Waals surface area (Å²) in [6.07, 6.45) is 9.26. The van der Waals surface area contributed by atoms with Gasteiger partial charge in [-0.15, -0.1) is 6.42 Å². The number of hydrogen-bond acceptors (Lipinski definition) is 5. The minimum absolute atomic E-state index is 0.0302. The van der Waals surface area contributed by atoms with Gasteiger partial charge in [-0.1, -0.05) is 12.0 Å². The number of methoxy groups -OCH3 is 1. The van der Waals surface area contributed by atoms with Crippen LogP contribution in [0, 0.1) is 18.3 Å². The van der Waals surface area contributed by atoms with Crippen molar-refractivity contribution >= 4 is 11.5 Å². The highest BCUT2D eigenvalue weighted by molar-refractivity contribution is 6.09. The Hall–Kier alpha value is -2.16. The van der Waals surface area contributed by atoms with Crippen LogP contribution in [-0.2, 0) is 16.0 Å². The molecule has 1 aromatic heterocycles. The molecule has 1 unspecified atom stereocenters. The van der Waals surface area contributed by atoms with Crippen molar-refractivity contribution in [1.29, 1.82) is 0 Å². The predicted octanol–water partition coefficient (Wildman–Crippen LogP) is 2.50. The summed E-state index contributed by atoms with van der Waals surface area (Å²) in [5.74, 6) is 2.89. The average Bonchev–Trinajstić information content (AvgIpc) is 3.52. The number of aliphatic hydroxyl groups is 1. The molecule has 1 saturated carbocycles. The lowest BCUT2D eigenvalue weighted by molar-refractivity contribution is -0.114. The van der Waals surface area contributed by atoms with E-state index in [1.54, 1.807) is 7.11 Å². The zero-order chi connectivity index (χ0) is 19.2. The molecule has 1 atom stereocenters. The normalized spacial score (nSPS) is 23.0. The maximum absolute atomic E-state index is 12.6. The first-order valence-corrected chi connectivity index (χ1v) is 9.68. The van der Waals surface area contributed by atoms with Gasteiger partial charge < -0.3 is 14.7 Å². The van der Waals surface area contributed by atoms with Crippen LogP contribution in [0.25, 0.3) is 5.70 Å². The Balaban J connectivity index is 1.73. The molecule has 0 bridgehead atoms. The van der Waals surface area contributed by atoms with Gasteiger partial charge in [0.15, 0.2) is 5.78 Å². The Morgan fingerprint density at radius 2 is 2.07 bits per heavy atom. The zero-order valence-corrected chi connectivity index (χ0v) is 16.0. The number of piperidine rings is 1. The summed E-state index contributed by atoms with van der Waals surface area (Å²) in [5, 5.41) is 10.5. The fraction of sp³-hybridized carbons (Fsp3) is 0.545. The van der Waals surface area contributed by atoms with Crippen LogP contribution in [-0.4, -0.2) is 46.6 Å². The molecular formula is C22H26N2O3. The smallest absolute Gasteiger partial charge is 0.177 e. The minimum atomic E-state index is -0.540. The Labute approximate surface area is 160 Å². The van der Waals surface area contributed by atoms with E-state index in [4.69, 9.17) is 16.1 Å². The summed E-state index contributed by atoms with van der Waals surface area (Å²) in [5.41, 5.74) is 3.35. The van der Waals surface area contributed by atoms with Crippen molar-refractivity contribution in [3.63, 3.8) is 0 Å². The molecule has 0 aromatic carbocycles. The number of fused-ring (bicyclic) bond motifs is 1. The Bertz CT molecular complexity index is 840. The summed E-state index contributed by atoms with van der Waals surface area (Å²) in [7, 11) is 1.74. The summed E-state index contributed by atoms with van der Waals surface area (Å²) >= 11 is 0. The SMILES string of the molecule is C#CC1=C(N2CCC(C)(OC)CC2)c2nc(C(O)C3CC3)ccc2CC1=O. The molecule has 0 spiro atoms. The molecular weight excluding hydrogens is 340 g/mol. The Kier molecular flexibility index (Phi) is 4.57. The number of pyridine rings is 1. The second-order valence-electron chi connectivity index (χ2n) is 8.14. The van der Waals surface area contributed by atoms with Crippen LogP contribution in [0.4, 0.5) is 0 Å². The van der Waals surface area contributed by atoms with Gasteiger partial charge >= 0.3 is 0 Å². The first kappa shape index (κ1) is 18.2. The van der Waals surface area contributed by atoms with Crippen LogP contribution in [0.2, 0.25) is 0 Å². The van der Waals surface area contributed by atoms with E-state index in [-0.39, 0.29) is 17.8 Å². The van der Waals surface area contributed by atoms with Crippen LogP contribution < -0.4 is 0 Å². The molecule has 0 amide bonds. The van der Waals surface area contributed by atoms with Crippen molar-refractivity contribution < 1.29 is 14.6 Å². The highest BCUT2D eigenvalue weighted by Gasteiger charge is 2.37. The Morgan fingerprint density at radius 3 is 2.67 bits per heavy atom.